The molecule has 2 aliphatic rings. The van der Waals surface area contributed by atoms with Gasteiger partial charge in [-0.2, -0.15) is 9.61 Å². The predicted octanol–water partition coefficient (Wildman–Crippen LogP) is 4.14. The van der Waals surface area contributed by atoms with Crippen LogP contribution in [0.2, 0.25) is 5.02 Å². The summed E-state index contributed by atoms with van der Waals surface area (Å²) in [5.74, 6) is 0.940. The van der Waals surface area contributed by atoms with E-state index in [2.05, 4.69) is 44.3 Å². The number of aromatic nitrogens is 3. The van der Waals surface area contributed by atoms with Crippen molar-refractivity contribution in [2.45, 2.75) is 32.4 Å². The van der Waals surface area contributed by atoms with Crippen molar-refractivity contribution in [3.05, 3.63) is 64.6 Å². The van der Waals surface area contributed by atoms with Crippen LogP contribution < -0.4 is 5.32 Å². The summed E-state index contributed by atoms with van der Waals surface area (Å²) in [6, 6.07) is 10.2. The topological polar surface area (TPSA) is 48.7 Å². The van der Waals surface area contributed by atoms with Crippen LogP contribution in [-0.2, 0) is 6.54 Å². The second kappa shape index (κ2) is 8.28. The van der Waals surface area contributed by atoms with Gasteiger partial charge in [0.1, 0.15) is 5.82 Å². The van der Waals surface area contributed by atoms with Crippen molar-refractivity contribution in [3.63, 3.8) is 0 Å². The summed E-state index contributed by atoms with van der Waals surface area (Å²) in [5, 5.41) is 8.90. The molecule has 1 saturated heterocycles. The summed E-state index contributed by atoms with van der Waals surface area (Å²) in [4.78, 5) is 9.41. The Morgan fingerprint density at radius 2 is 1.97 bits per heavy atom. The Balaban J connectivity index is 1.42. The summed E-state index contributed by atoms with van der Waals surface area (Å²) in [5.41, 5.74) is 4.55. The SMILES string of the molecule is CC(Nc1ccnc2ccnn12)C1=Cc2cccc(Cl)c2CN1CCN1CCCC1. The first-order valence-electron chi connectivity index (χ1n) is 10.7. The minimum atomic E-state index is 0.116. The van der Waals surface area contributed by atoms with Crippen molar-refractivity contribution in [2.75, 3.05) is 31.5 Å². The minimum absolute atomic E-state index is 0.116. The molecule has 1 fully saturated rings. The number of halogens is 1. The fourth-order valence-electron chi connectivity index (χ4n) is 4.53. The molecule has 0 saturated carbocycles. The molecule has 0 radical (unpaired) electrons. The maximum Gasteiger partial charge on any atom is 0.157 e. The number of nitrogens with zero attached hydrogens (tertiary/aromatic N) is 5. The molecular weight excluding hydrogens is 396 g/mol. The van der Waals surface area contributed by atoms with Gasteiger partial charge in [0.2, 0.25) is 0 Å². The van der Waals surface area contributed by atoms with E-state index in [1.54, 1.807) is 6.20 Å². The maximum atomic E-state index is 6.54. The number of hydrogen-bond acceptors (Lipinski definition) is 5. The molecule has 1 unspecified atom stereocenters. The molecule has 156 valence electrons. The Bertz CT molecular complexity index is 1070. The molecular formula is C23H27ClN6. The first-order valence-corrected chi connectivity index (χ1v) is 11.1. The second-order valence-electron chi connectivity index (χ2n) is 8.14. The number of nitrogens with one attached hydrogen (secondary N) is 1. The van der Waals surface area contributed by atoms with Gasteiger partial charge in [-0.15, -0.1) is 0 Å². The summed E-state index contributed by atoms with van der Waals surface area (Å²) in [6.07, 6.45) is 8.52. The lowest BCUT2D eigenvalue weighted by atomic mass is 9.98. The van der Waals surface area contributed by atoms with Crippen LogP contribution in [0.1, 0.15) is 30.9 Å². The van der Waals surface area contributed by atoms with Gasteiger partial charge in [-0.25, -0.2) is 4.98 Å². The molecule has 0 bridgehead atoms. The summed E-state index contributed by atoms with van der Waals surface area (Å²) >= 11 is 6.54. The van der Waals surface area contributed by atoms with Gasteiger partial charge >= 0.3 is 0 Å². The van der Waals surface area contributed by atoms with Crippen LogP contribution in [0.25, 0.3) is 11.7 Å². The molecule has 5 rings (SSSR count). The van der Waals surface area contributed by atoms with E-state index in [0.717, 1.165) is 36.1 Å². The van der Waals surface area contributed by atoms with Gasteiger partial charge in [0, 0.05) is 42.6 Å². The first kappa shape index (κ1) is 19.4. The fourth-order valence-corrected chi connectivity index (χ4v) is 4.77. The van der Waals surface area contributed by atoms with E-state index >= 15 is 0 Å². The predicted molar refractivity (Wildman–Crippen MR) is 122 cm³/mol. The lowest BCUT2D eigenvalue weighted by Crippen LogP contribution is -2.39. The van der Waals surface area contributed by atoms with Gasteiger partial charge in [0.05, 0.1) is 12.2 Å². The smallest absolute Gasteiger partial charge is 0.157 e. The van der Waals surface area contributed by atoms with Crippen LogP contribution in [-0.4, -0.2) is 56.6 Å². The molecule has 1 N–H and O–H groups in total. The van der Waals surface area contributed by atoms with E-state index in [1.165, 1.54) is 42.8 Å². The molecule has 2 aliphatic heterocycles. The number of likely N-dealkylation sites (tertiary alicyclic amines) is 1. The van der Waals surface area contributed by atoms with E-state index in [1.807, 2.05) is 35.0 Å². The fraction of sp³-hybridized carbons (Fsp3) is 0.391. The third-order valence-corrected chi connectivity index (χ3v) is 6.51. The number of fused-ring (bicyclic) bond motifs is 2. The molecule has 2 aromatic heterocycles. The van der Waals surface area contributed by atoms with Crippen molar-refractivity contribution < 1.29 is 0 Å². The quantitative estimate of drug-likeness (QED) is 0.647. The largest absolute Gasteiger partial charge is 0.367 e. The highest BCUT2D eigenvalue weighted by Crippen LogP contribution is 2.32. The van der Waals surface area contributed by atoms with Crippen LogP contribution in [0.5, 0.6) is 0 Å². The van der Waals surface area contributed by atoms with Crippen molar-refractivity contribution in [1.82, 2.24) is 24.4 Å². The van der Waals surface area contributed by atoms with Gasteiger partial charge in [-0.05, 0) is 62.2 Å². The van der Waals surface area contributed by atoms with E-state index in [0.29, 0.717) is 0 Å². The molecule has 4 heterocycles. The Morgan fingerprint density at radius 3 is 2.83 bits per heavy atom. The Morgan fingerprint density at radius 1 is 1.10 bits per heavy atom. The summed E-state index contributed by atoms with van der Waals surface area (Å²) < 4.78 is 1.85. The van der Waals surface area contributed by atoms with Crippen molar-refractivity contribution in [2.24, 2.45) is 0 Å². The molecule has 0 amide bonds. The first-order chi connectivity index (χ1) is 14.7. The lowest BCUT2D eigenvalue weighted by Gasteiger charge is -2.36. The highest BCUT2D eigenvalue weighted by molar-refractivity contribution is 6.31. The summed E-state index contributed by atoms with van der Waals surface area (Å²) in [7, 11) is 0. The average Bonchev–Trinajstić information content (AvgIpc) is 3.44. The highest BCUT2D eigenvalue weighted by Gasteiger charge is 2.25. The van der Waals surface area contributed by atoms with Crippen LogP contribution in [0.15, 0.2) is 48.4 Å². The standard InChI is InChI=1S/C23H27ClN6/c1-17(27-23-7-9-25-22-8-10-26-30(22)23)21-15-18-5-4-6-20(24)19(18)16-29(21)14-13-28-11-2-3-12-28/h4-10,15,17,27H,2-3,11-14,16H2,1H3. The number of benzene rings is 1. The molecule has 30 heavy (non-hydrogen) atoms. The van der Waals surface area contributed by atoms with Gasteiger partial charge in [0.25, 0.3) is 0 Å². The highest BCUT2D eigenvalue weighted by atomic mass is 35.5. The lowest BCUT2D eigenvalue weighted by molar-refractivity contribution is 0.250. The van der Waals surface area contributed by atoms with Gasteiger partial charge in [-0.3, -0.25) is 0 Å². The van der Waals surface area contributed by atoms with E-state index in [-0.39, 0.29) is 6.04 Å². The molecule has 3 aromatic rings. The Hall–Kier alpha value is -2.57. The molecule has 1 atom stereocenters. The van der Waals surface area contributed by atoms with Crippen LogP contribution in [0.4, 0.5) is 5.82 Å². The van der Waals surface area contributed by atoms with Gasteiger partial charge < -0.3 is 15.1 Å². The van der Waals surface area contributed by atoms with E-state index in [4.69, 9.17) is 11.6 Å². The van der Waals surface area contributed by atoms with Crippen LogP contribution in [0, 0.1) is 0 Å². The Kier molecular flexibility index (Phi) is 5.35. The number of anilines is 1. The Labute approximate surface area is 182 Å². The van der Waals surface area contributed by atoms with Crippen molar-refractivity contribution in [3.8, 4) is 0 Å². The second-order valence-corrected chi connectivity index (χ2v) is 8.55. The molecule has 0 spiro atoms. The number of hydrogen-bond donors (Lipinski definition) is 1. The van der Waals surface area contributed by atoms with Crippen molar-refractivity contribution in [1.29, 1.82) is 0 Å². The minimum Gasteiger partial charge on any atom is -0.367 e. The normalized spacial score (nSPS) is 17.8. The maximum absolute atomic E-state index is 6.54. The van der Waals surface area contributed by atoms with E-state index < -0.39 is 0 Å². The molecule has 7 heteroatoms. The monoisotopic (exact) mass is 422 g/mol. The van der Waals surface area contributed by atoms with Crippen LogP contribution in [0.3, 0.4) is 0 Å². The van der Waals surface area contributed by atoms with Crippen LogP contribution >= 0.6 is 11.6 Å². The summed E-state index contributed by atoms with van der Waals surface area (Å²) in [6.45, 7) is 7.56. The third kappa shape index (κ3) is 3.77. The average molecular weight is 423 g/mol. The molecule has 0 aliphatic carbocycles. The molecule has 6 nitrogen and oxygen atoms in total. The zero-order valence-corrected chi connectivity index (χ0v) is 18.0. The third-order valence-electron chi connectivity index (χ3n) is 6.16. The zero-order valence-electron chi connectivity index (χ0n) is 17.3. The number of rotatable bonds is 6. The molecule has 1 aromatic carbocycles. The van der Waals surface area contributed by atoms with Gasteiger partial charge in [-0.1, -0.05) is 23.7 Å². The van der Waals surface area contributed by atoms with E-state index in [9.17, 15) is 0 Å². The van der Waals surface area contributed by atoms with Gasteiger partial charge in [0.15, 0.2) is 5.65 Å². The van der Waals surface area contributed by atoms with Crippen molar-refractivity contribution >= 4 is 29.1 Å². The zero-order chi connectivity index (χ0) is 20.5.